The van der Waals surface area contributed by atoms with Crippen molar-refractivity contribution in [2.45, 2.75) is 19.4 Å². The molecule has 0 bridgehead atoms. The average Bonchev–Trinajstić information content (AvgIpc) is 2.75. The van der Waals surface area contributed by atoms with Crippen LogP contribution in [0.2, 0.25) is 0 Å². The van der Waals surface area contributed by atoms with Gasteiger partial charge in [-0.05, 0) is 24.5 Å². The number of carbonyl (C=O) groups excluding carboxylic acids is 1. The van der Waals surface area contributed by atoms with Gasteiger partial charge in [-0.15, -0.1) is 0 Å². The second kappa shape index (κ2) is 5.97. The summed E-state index contributed by atoms with van der Waals surface area (Å²) in [7, 11) is 0. The second-order valence-corrected chi connectivity index (χ2v) is 5.83. The molecule has 1 saturated heterocycles. The lowest BCUT2D eigenvalue weighted by Crippen LogP contribution is -2.45. The summed E-state index contributed by atoms with van der Waals surface area (Å²) in [4.78, 5) is 24.3. The van der Waals surface area contributed by atoms with E-state index in [1.807, 2.05) is 0 Å². The molecule has 1 aliphatic heterocycles. The third-order valence-electron chi connectivity index (χ3n) is 3.45. The number of amides is 2. The molecule has 0 aliphatic carbocycles. The molecule has 2 unspecified atom stereocenters. The number of halogens is 3. The minimum atomic E-state index is -1.13. The van der Waals surface area contributed by atoms with Gasteiger partial charge in [0.15, 0.2) is 11.6 Å². The number of nitrogens with zero attached hydrogens (tertiary/aromatic N) is 1. The van der Waals surface area contributed by atoms with E-state index in [0.29, 0.717) is 6.42 Å². The number of anilines is 1. The van der Waals surface area contributed by atoms with Crippen LogP contribution < -0.4 is 5.32 Å². The van der Waals surface area contributed by atoms with E-state index in [-0.39, 0.29) is 16.9 Å². The van der Waals surface area contributed by atoms with Gasteiger partial charge in [0, 0.05) is 11.0 Å². The number of likely N-dealkylation sites (tertiary alicyclic amines) is 1. The summed E-state index contributed by atoms with van der Waals surface area (Å²) < 4.78 is 27.5. The van der Waals surface area contributed by atoms with E-state index in [4.69, 9.17) is 5.11 Å². The molecule has 2 N–H and O–H groups in total. The highest BCUT2D eigenvalue weighted by atomic mass is 79.9. The van der Waals surface area contributed by atoms with E-state index in [1.54, 1.807) is 6.92 Å². The third-order valence-corrected chi connectivity index (χ3v) is 3.91. The van der Waals surface area contributed by atoms with Gasteiger partial charge in [-0.1, -0.05) is 22.9 Å². The lowest BCUT2D eigenvalue weighted by molar-refractivity contribution is -0.142. The van der Waals surface area contributed by atoms with E-state index in [0.717, 1.165) is 17.0 Å². The Morgan fingerprint density at radius 2 is 1.95 bits per heavy atom. The fraction of sp³-hybridized carbons (Fsp3) is 0.385. The number of urea groups is 1. The van der Waals surface area contributed by atoms with Crippen LogP contribution in [0.25, 0.3) is 0 Å². The molecular formula is C13H13BrF2N2O3. The van der Waals surface area contributed by atoms with Crippen LogP contribution in [0.5, 0.6) is 0 Å². The highest BCUT2D eigenvalue weighted by Crippen LogP contribution is 2.27. The fourth-order valence-corrected chi connectivity index (χ4v) is 2.79. The van der Waals surface area contributed by atoms with Gasteiger partial charge in [-0.25, -0.2) is 18.4 Å². The summed E-state index contributed by atoms with van der Waals surface area (Å²) in [6.45, 7) is 1.94. The van der Waals surface area contributed by atoms with Crippen molar-refractivity contribution in [3.8, 4) is 0 Å². The lowest BCUT2D eigenvalue weighted by Gasteiger charge is -2.23. The first-order valence-corrected chi connectivity index (χ1v) is 7.05. The molecule has 1 aromatic rings. The fourth-order valence-electron chi connectivity index (χ4n) is 2.39. The highest BCUT2D eigenvalue weighted by Gasteiger charge is 2.39. The lowest BCUT2D eigenvalue weighted by atomic mass is 10.0. The largest absolute Gasteiger partial charge is 0.480 e. The Bertz CT molecular complexity index is 574. The molecule has 2 atom stereocenters. The molecule has 0 aromatic heterocycles. The van der Waals surface area contributed by atoms with Crippen molar-refractivity contribution in [2.75, 3.05) is 11.9 Å². The number of hydrogen-bond acceptors (Lipinski definition) is 2. The van der Waals surface area contributed by atoms with Gasteiger partial charge in [0.2, 0.25) is 0 Å². The second-order valence-electron chi connectivity index (χ2n) is 4.92. The van der Waals surface area contributed by atoms with Gasteiger partial charge in [-0.3, -0.25) is 0 Å². The molecule has 1 aliphatic rings. The molecule has 0 spiro atoms. The Kier molecular flexibility index (Phi) is 4.46. The first kappa shape index (κ1) is 15.7. The van der Waals surface area contributed by atoms with Crippen LogP contribution in [-0.4, -0.2) is 34.6 Å². The number of carbonyl (C=O) groups is 2. The standard InChI is InChI=1S/C13H13BrF2N2O3/c1-6-2-3-18(11(6)12(19)20)13(21)17-10-8(15)4-7(14)5-9(10)16/h4-6,11H,2-3H2,1H3,(H,17,21)(H,19,20). The number of nitrogens with one attached hydrogen (secondary N) is 1. The highest BCUT2D eigenvalue weighted by molar-refractivity contribution is 9.10. The number of hydrogen-bond donors (Lipinski definition) is 2. The number of carboxylic acids is 1. The van der Waals surface area contributed by atoms with E-state index in [1.165, 1.54) is 0 Å². The minimum Gasteiger partial charge on any atom is -0.480 e. The maximum Gasteiger partial charge on any atom is 0.326 e. The SMILES string of the molecule is CC1CCN(C(=O)Nc2c(F)cc(Br)cc2F)C1C(=O)O. The molecule has 5 nitrogen and oxygen atoms in total. The van der Waals surface area contributed by atoms with Crippen LogP contribution in [0.15, 0.2) is 16.6 Å². The normalized spacial score (nSPS) is 21.4. The molecular weight excluding hydrogens is 350 g/mol. The van der Waals surface area contributed by atoms with Crippen molar-refractivity contribution in [1.82, 2.24) is 4.90 Å². The number of carboxylic acid groups (broad SMARTS) is 1. The van der Waals surface area contributed by atoms with E-state index in [2.05, 4.69) is 21.2 Å². The molecule has 21 heavy (non-hydrogen) atoms. The quantitative estimate of drug-likeness (QED) is 0.849. The molecule has 2 rings (SSSR count). The topological polar surface area (TPSA) is 69.6 Å². The zero-order valence-electron chi connectivity index (χ0n) is 11.1. The number of aliphatic carboxylic acids is 1. The Hall–Kier alpha value is -1.70. The maximum absolute atomic E-state index is 13.7. The summed E-state index contributed by atoms with van der Waals surface area (Å²) in [5, 5.41) is 11.2. The smallest absolute Gasteiger partial charge is 0.326 e. The van der Waals surface area contributed by atoms with Crippen LogP contribution >= 0.6 is 15.9 Å². The van der Waals surface area contributed by atoms with E-state index < -0.39 is 35.4 Å². The molecule has 114 valence electrons. The van der Waals surface area contributed by atoms with Crippen molar-refractivity contribution < 1.29 is 23.5 Å². The summed E-state index contributed by atoms with van der Waals surface area (Å²) in [5.74, 6) is -3.22. The van der Waals surface area contributed by atoms with Gasteiger partial charge in [0.05, 0.1) is 0 Å². The van der Waals surface area contributed by atoms with Gasteiger partial charge in [0.1, 0.15) is 11.7 Å². The Labute approximate surface area is 128 Å². The van der Waals surface area contributed by atoms with Crippen LogP contribution in [0.3, 0.4) is 0 Å². The third kappa shape index (κ3) is 3.15. The molecule has 0 radical (unpaired) electrons. The Balaban J connectivity index is 2.21. The van der Waals surface area contributed by atoms with Gasteiger partial charge in [0.25, 0.3) is 0 Å². The minimum absolute atomic E-state index is 0.203. The number of benzene rings is 1. The Morgan fingerprint density at radius 1 is 1.38 bits per heavy atom. The molecule has 2 amide bonds. The maximum atomic E-state index is 13.7. The Morgan fingerprint density at radius 3 is 2.48 bits per heavy atom. The van der Waals surface area contributed by atoms with Gasteiger partial charge >= 0.3 is 12.0 Å². The van der Waals surface area contributed by atoms with Gasteiger partial charge < -0.3 is 15.3 Å². The van der Waals surface area contributed by atoms with E-state index in [9.17, 15) is 18.4 Å². The summed E-state index contributed by atoms with van der Waals surface area (Å²) in [5.41, 5.74) is -0.591. The van der Waals surface area contributed by atoms with Crippen LogP contribution in [-0.2, 0) is 4.79 Å². The molecule has 1 aromatic carbocycles. The predicted molar refractivity (Wildman–Crippen MR) is 75.0 cm³/mol. The molecule has 8 heteroatoms. The zero-order chi connectivity index (χ0) is 15.7. The average molecular weight is 363 g/mol. The zero-order valence-corrected chi connectivity index (χ0v) is 12.7. The van der Waals surface area contributed by atoms with Crippen molar-refractivity contribution in [1.29, 1.82) is 0 Å². The van der Waals surface area contributed by atoms with E-state index >= 15 is 0 Å². The molecule has 1 fully saturated rings. The van der Waals surface area contributed by atoms with Crippen molar-refractivity contribution in [2.24, 2.45) is 5.92 Å². The molecule has 0 saturated carbocycles. The first-order chi connectivity index (χ1) is 9.81. The summed E-state index contributed by atoms with van der Waals surface area (Å²) >= 11 is 2.94. The van der Waals surface area contributed by atoms with Crippen LogP contribution in [0, 0.1) is 17.6 Å². The first-order valence-electron chi connectivity index (χ1n) is 6.26. The summed E-state index contributed by atoms with van der Waals surface area (Å²) in [6, 6.07) is 0.207. The molecule has 1 heterocycles. The van der Waals surface area contributed by atoms with Crippen molar-refractivity contribution in [3.05, 3.63) is 28.2 Å². The predicted octanol–water partition coefficient (Wildman–Crippen LogP) is 3.05. The monoisotopic (exact) mass is 362 g/mol. The van der Waals surface area contributed by atoms with Gasteiger partial charge in [-0.2, -0.15) is 0 Å². The van der Waals surface area contributed by atoms with Crippen molar-refractivity contribution in [3.63, 3.8) is 0 Å². The van der Waals surface area contributed by atoms with Crippen LogP contribution in [0.4, 0.5) is 19.3 Å². The number of rotatable bonds is 2. The summed E-state index contributed by atoms with van der Waals surface area (Å²) in [6.07, 6.45) is 0.524. The van der Waals surface area contributed by atoms with Crippen molar-refractivity contribution >= 4 is 33.6 Å². The van der Waals surface area contributed by atoms with Crippen LogP contribution in [0.1, 0.15) is 13.3 Å².